The van der Waals surface area contributed by atoms with Crippen LogP contribution >= 0.6 is 0 Å². The van der Waals surface area contributed by atoms with Crippen molar-refractivity contribution in [2.75, 3.05) is 13.7 Å². The quantitative estimate of drug-likeness (QED) is 0.303. The van der Waals surface area contributed by atoms with Crippen LogP contribution in [0.2, 0.25) is 0 Å². The number of carbonyl (C=O) groups is 1. The lowest BCUT2D eigenvalue weighted by molar-refractivity contribution is 0.0700. The Morgan fingerprint density at radius 3 is 2.65 bits per heavy atom. The molecular formula is C34H33N7O2. The Bertz CT molecular complexity index is 1980. The van der Waals surface area contributed by atoms with E-state index in [1.54, 1.807) is 7.11 Å². The second-order valence-electron chi connectivity index (χ2n) is 12.3. The lowest BCUT2D eigenvalue weighted by atomic mass is 10.0. The molecule has 2 aliphatic carbocycles. The second kappa shape index (κ2) is 9.68. The van der Waals surface area contributed by atoms with Crippen molar-refractivity contribution in [3.05, 3.63) is 65.7 Å². The molecule has 0 spiro atoms. The summed E-state index contributed by atoms with van der Waals surface area (Å²) in [6, 6.07) is 20.0. The van der Waals surface area contributed by atoms with Gasteiger partial charge in [0, 0.05) is 48.7 Å². The monoisotopic (exact) mass is 571 g/mol. The molecule has 3 atom stereocenters. The summed E-state index contributed by atoms with van der Waals surface area (Å²) in [5.41, 5.74) is 12.6. The number of nitriles is 1. The second-order valence-corrected chi connectivity index (χ2v) is 12.3. The summed E-state index contributed by atoms with van der Waals surface area (Å²) in [5.74, 6) is 2.39. The molecule has 1 saturated heterocycles. The Morgan fingerprint density at radius 2 is 1.93 bits per heavy atom. The number of fused-ring (bicyclic) bond motifs is 4. The molecule has 5 aromatic rings. The molecule has 0 radical (unpaired) electrons. The SMILES string of the molecule is COc1cc(C(=O)N2CC3CCC2C3N)cc2nc(-c3cc4ccc(-c5ccccc5C#N)nc4n3CC3CC3)n(C)c12. The molecule has 1 amide bonds. The molecule has 9 heteroatoms. The van der Waals surface area contributed by atoms with E-state index in [9.17, 15) is 10.1 Å². The van der Waals surface area contributed by atoms with Gasteiger partial charge in [0.2, 0.25) is 0 Å². The van der Waals surface area contributed by atoms with Gasteiger partial charge in [0.1, 0.15) is 16.9 Å². The number of nitrogens with two attached hydrogens (primary N) is 1. The summed E-state index contributed by atoms with van der Waals surface area (Å²) in [7, 11) is 3.63. The van der Waals surface area contributed by atoms with E-state index in [0.717, 1.165) is 58.7 Å². The maximum Gasteiger partial charge on any atom is 0.254 e. The number of nitrogens with zero attached hydrogens (tertiary/aromatic N) is 6. The summed E-state index contributed by atoms with van der Waals surface area (Å²) in [4.78, 5) is 25.9. The number of carbonyl (C=O) groups excluding carboxylic acids is 1. The molecule has 2 bridgehead atoms. The third-order valence-corrected chi connectivity index (χ3v) is 9.75. The van der Waals surface area contributed by atoms with E-state index in [1.807, 2.05) is 54.4 Å². The predicted octanol–water partition coefficient (Wildman–Crippen LogP) is 5.11. The zero-order valence-corrected chi connectivity index (χ0v) is 24.3. The molecule has 3 unspecified atom stereocenters. The summed E-state index contributed by atoms with van der Waals surface area (Å²) in [6.45, 7) is 1.56. The molecule has 2 N–H and O–H groups in total. The maximum atomic E-state index is 13.7. The lowest BCUT2D eigenvalue weighted by Gasteiger charge is -2.27. The molecule has 3 fully saturated rings. The van der Waals surface area contributed by atoms with Gasteiger partial charge in [0.05, 0.1) is 35.6 Å². The van der Waals surface area contributed by atoms with Crippen LogP contribution in [0.25, 0.3) is 44.8 Å². The molecule has 4 heterocycles. The van der Waals surface area contributed by atoms with Crippen LogP contribution < -0.4 is 10.5 Å². The van der Waals surface area contributed by atoms with Crippen LogP contribution in [-0.2, 0) is 13.6 Å². The Labute approximate surface area is 249 Å². The molecule has 8 rings (SSSR count). The van der Waals surface area contributed by atoms with Gasteiger partial charge in [0.25, 0.3) is 5.91 Å². The number of amides is 1. The summed E-state index contributed by atoms with van der Waals surface area (Å²) >= 11 is 0. The highest BCUT2D eigenvalue weighted by atomic mass is 16.5. The highest BCUT2D eigenvalue weighted by Crippen LogP contribution is 2.40. The number of imidazole rings is 1. The lowest BCUT2D eigenvalue weighted by Crippen LogP contribution is -2.41. The molecule has 3 aromatic heterocycles. The van der Waals surface area contributed by atoms with Crippen molar-refractivity contribution < 1.29 is 9.53 Å². The summed E-state index contributed by atoms with van der Waals surface area (Å²) in [5, 5.41) is 10.7. The van der Waals surface area contributed by atoms with Crippen LogP contribution in [0.4, 0.5) is 0 Å². The van der Waals surface area contributed by atoms with Crippen molar-refractivity contribution >= 4 is 28.0 Å². The van der Waals surface area contributed by atoms with Crippen LogP contribution in [0.1, 0.15) is 41.6 Å². The topological polar surface area (TPSA) is 115 Å². The highest BCUT2D eigenvalue weighted by Gasteiger charge is 2.47. The molecule has 2 aromatic carbocycles. The first-order valence-corrected chi connectivity index (χ1v) is 15.1. The van der Waals surface area contributed by atoms with Crippen LogP contribution in [0.5, 0.6) is 5.75 Å². The van der Waals surface area contributed by atoms with E-state index in [4.69, 9.17) is 20.4 Å². The van der Waals surface area contributed by atoms with Crippen LogP contribution in [0, 0.1) is 23.2 Å². The van der Waals surface area contributed by atoms with Gasteiger partial charge in [-0.1, -0.05) is 18.2 Å². The standard InChI is InChI=1S/C34H33N7O2/c1-39-31-26(13-23(15-29(31)43-2)34(42)41-18-22-10-12-27(41)30(22)36)38-33(39)28-14-20-9-11-25(24-6-4-3-5-21(24)16-35)37-32(20)40(28)17-19-7-8-19/h3-6,9,11,13-15,19,22,27,30H,7-8,10,12,17-18,36H2,1-2H3. The van der Waals surface area contributed by atoms with Crippen molar-refractivity contribution in [2.24, 2.45) is 24.6 Å². The van der Waals surface area contributed by atoms with Crippen molar-refractivity contribution in [3.8, 4) is 34.6 Å². The number of hydrogen-bond donors (Lipinski definition) is 1. The maximum absolute atomic E-state index is 13.7. The Kier molecular flexibility index (Phi) is 5.85. The van der Waals surface area contributed by atoms with Crippen molar-refractivity contribution in [1.29, 1.82) is 5.26 Å². The molecule has 1 aliphatic heterocycles. The first kappa shape index (κ1) is 26.0. The van der Waals surface area contributed by atoms with E-state index >= 15 is 0 Å². The largest absolute Gasteiger partial charge is 0.494 e. The van der Waals surface area contributed by atoms with Gasteiger partial charge >= 0.3 is 0 Å². The van der Waals surface area contributed by atoms with E-state index < -0.39 is 0 Å². The van der Waals surface area contributed by atoms with Gasteiger partial charge in [-0.25, -0.2) is 9.97 Å². The van der Waals surface area contributed by atoms with Gasteiger partial charge in [-0.15, -0.1) is 0 Å². The number of hydrogen-bond acceptors (Lipinski definition) is 6. The number of rotatable bonds is 6. The van der Waals surface area contributed by atoms with Crippen molar-refractivity contribution in [3.63, 3.8) is 0 Å². The first-order valence-electron chi connectivity index (χ1n) is 15.1. The minimum absolute atomic E-state index is 0.00715. The minimum Gasteiger partial charge on any atom is -0.494 e. The number of ether oxygens (including phenoxy) is 1. The number of benzene rings is 2. The number of likely N-dealkylation sites (tertiary alicyclic amines) is 1. The molecule has 43 heavy (non-hydrogen) atoms. The van der Waals surface area contributed by atoms with Gasteiger partial charge in [0.15, 0.2) is 5.82 Å². The Balaban J connectivity index is 1.25. The van der Waals surface area contributed by atoms with Crippen molar-refractivity contribution in [2.45, 2.75) is 44.3 Å². The fourth-order valence-electron chi connectivity index (χ4n) is 7.28. The number of aryl methyl sites for hydroxylation is 1. The van der Waals surface area contributed by atoms with Gasteiger partial charge < -0.3 is 24.5 Å². The van der Waals surface area contributed by atoms with Crippen LogP contribution in [0.3, 0.4) is 0 Å². The molecular weight excluding hydrogens is 538 g/mol. The average Bonchev–Trinajstić information content (AvgIpc) is 3.44. The average molecular weight is 572 g/mol. The smallest absolute Gasteiger partial charge is 0.254 e. The zero-order valence-electron chi connectivity index (χ0n) is 24.3. The molecule has 3 aliphatic rings. The molecule has 216 valence electrons. The van der Waals surface area contributed by atoms with E-state index in [-0.39, 0.29) is 18.0 Å². The van der Waals surface area contributed by atoms with E-state index in [0.29, 0.717) is 40.8 Å². The Hall–Kier alpha value is -4.68. The van der Waals surface area contributed by atoms with Gasteiger partial charge in [-0.3, -0.25) is 4.79 Å². The third kappa shape index (κ3) is 4.04. The normalized spacial score (nSPS) is 21.2. The highest BCUT2D eigenvalue weighted by molar-refractivity contribution is 6.00. The third-order valence-electron chi connectivity index (χ3n) is 9.75. The zero-order chi connectivity index (χ0) is 29.4. The fraction of sp³-hybridized carbons (Fsp3) is 0.353. The molecule has 9 nitrogen and oxygen atoms in total. The molecule has 2 saturated carbocycles. The predicted molar refractivity (Wildman–Crippen MR) is 164 cm³/mol. The minimum atomic E-state index is -0.00715. The van der Waals surface area contributed by atoms with Gasteiger partial charge in [-0.2, -0.15) is 5.26 Å². The summed E-state index contributed by atoms with van der Waals surface area (Å²) < 4.78 is 10.2. The van der Waals surface area contributed by atoms with E-state index in [2.05, 4.69) is 27.3 Å². The fourth-order valence-corrected chi connectivity index (χ4v) is 7.28. The van der Waals surface area contributed by atoms with Crippen molar-refractivity contribution in [1.82, 2.24) is 24.0 Å². The van der Waals surface area contributed by atoms with E-state index in [1.165, 1.54) is 12.8 Å². The number of aromatic nitrogens is 4. The van der Waals surface area contributed by atoms with Crippen LogP contribution in [0.15, 0.2) is 54.6 Å². The number of piperidine rings is 1. The number of methoxy groups -OCH3 is 1. The number of pyridine rings is 1. The first-order chi connectivity index (χ1) is 20.9. The Morgan fingerprint density at radius 1 is 1.09 bits per heavy atom. The summed E-state index contributed by atoms with van der Waals surface area (Å²) in [6.07, 6.45) is 4.45. The van der Waals surface area contributed by atoms with Crippen LogP contribution in [-0.4, -0.2) is 55.6 Å². The van der Waals surface area contributed by atoms with Gasteiger partial charge in [-0.05, 0) is 73.9 Å².